The van der Waals surface area contributed by atoms with Crippen molar-refractivity contribution in [2.45, 2.75) is 19.8 Å². The molecule has 0 heterocycles. The summed E-state index contributed by atoms with van der Waals surface area (Å²) in [5, 5.41) is 0. The fourth-order valence-corrected chi connectivity index (χ4v) is 1.98. The van der Waals surface area contributed by atoms with Gasteiger partial charge in [-0.1, -0.05) is 18.1 Å². The van der Waals surface area contributed by atoms with E-state index in [0.29, 0.717) is 23.7 Å². The van der Waals surface area contributed by atoms with Gasteiger partial charge in [-0.05, 0) is 37.3 Å². The van der Waals surface area contributed by atoms with Crippen LogP contribution in [0.2, 0.25) is 0 Å². The predicted octanol–water partition coefficient (Wildman–Crippen LogP) is 2.06. The monoisotopic (exact) mass is 242 g/mol. The Morgan fingerprint density at radius 3 is 2.89 bits per heavy atom. The standard InChI is InChI=1S/C15H18N2O/c1-3-9-17(10-12-7-8-12)15(18)13-6-4-5-11(2)14(13)16/h1,4-6,12H,7-10,16H2,2H3. The van der Waals surface area contributed by atoms with Crippen LogP contribution in [0.1, 0.15) is 28.8 Å². The van der Waals surface area contributed by atoms with Crippen molar-refractivity contribution in [3.05, 3.63) is 29.3 Å². The highest BCUT2D eigenvalue weighted by molar-refractivity contribution is 5.99. The number of benzene rings is 1. The molecule has 3 nitrogen and oxygen atoms in total. The molecule has 0 aliphatic heterocycles. The highest BCUT2D eigenvalue weighted by Gasteiger charge is 2.27. The number of aryl methyl sites for hydroxylation is 1. The molecule has 2 rings (SSSR count). The SMILES string of the molecule is C#CCN(CC1CC1)C(=O)c1cccc(C)c1N. The minimum Gasteiger partial charge on any atom is -0.398 e. The molecule has 0 saturated heterocycles. The van der Waals surface area contributed by atoms with Crippen molar-refractivity contribution in [2.75, 3.05) is 18.8 Å². The first-order valence-corrected chi connectivity index (χ1v) is 6.21. The molecule has 1 amide bonds. The number of carbonyl (C=O) groups is 1. The van der Waals surface area contributed by atoms with Crippen molar-refractivity contribution in [1.29, 1.82) is 0 Å². The summed E-state index contributed by atoms with van der Waals surface area (Å²) < 4.78 is 0. The van der Waals surface area contributed by atoms with E-state index in [9.17, 15) is 4.79 Å². The zero-order valence-corrected chi connectivity index (χ0v) is 10.6. The van der Waals surface area contributed by atoms with Crippen molar-refractivity contribution < 1.29 is 4.79 Å². The second-order valence-corrected chi connectivity index (χ2v) is 4.87. The maximum atomic E-state index is 12.4. The Hall–Kier alpha value is -1.95. The summed E-state index contributed by atoms with van der Waals surface area (Å²) in [6.07, 6.45) is 7.72. The quantitative estimate of drug-likeness (QED) is 0.649. The Kier molecular flexibility index (Phi) is 3.57. The van der Waals surface area contributed by atoms with Gasteiger partial charge in [0.25, 0.3) is 5.91 Å². The van der Waals surface area contributed by atoms with Crippen LogP contribution in [0, 0.1) is 25.2 Å². The van der Waals surface area contributed by atoms with Crippen LogP contribution in [-0.2, 0) is 0 Å². The molecule has 2 N–H and O–H groups in total. The lowest BCUT2D eigenvalue weighted by atomic mass is 10.1. The summed E-state index contributed by atoms with van der Waals surface area (Å²) in [5.41, 5.74) is 8.01. The van der Waals surface area contributed by atoms with Gasteiger partial charge in [0.1, 0.15) is 0 Å². The Morgan fingerprint density at radius 2 is 2.28 bits per heavy atom. The first-order chi connectivity index (χ1) is 8.63. The molecule has 0 bridgehead atoms. The normalized spacial score (nSPS) is 14.0. The fourth-order valence-electron chi connectivity index (χ4n) is 1.98. The Labute approximate surface area is 108 Å². The molecule has 0 radical (unpaired) electrons. The van der Waals surface area contributed by atoms with Gasteiger partial charge in [0, 0.05) is 12.2 Å². The molecule has 0 spiro atoms. The molecular weight excluding hydrogens is 224 g/mol. The van der Waals surface area contributed by atoms with Crippen molar-refractivity contribution in [1.82, 2.24) is 4.90 Å². The smallest absolute Gasteiger partial charge is 0.256 e. The van der Waals surface area contributed by atoms with Crippen LogP contribution in [0.25, 0.3) is 0 Å². The maximum absolute atomic E-state index is 12.4. The van der Waals surface area contributed by atoms with Crippen LogP contribution >= 0.6 is 0 Å². The molecule has 1 saturated carbocycles. The predicted molar refractivity (Wildman–Crippen MR) is 73.1 cm³/mol. The number of hydrogen-bond acceptors (Lipinski definition) is 2. The average molecular weight is 242 g/mol. The van der Waals surface area contributed by atoms with E-state index in [1.165, 1.54) is 12.8 Å². The van der Waals surface area contributed by atoms with E-state index in [0.717, 1.165) is 12.1 Å². The van der Waals surface area contributed by atoms with Gasteiger partial charge >= 0.3 is 0 Å². The van der Waals surface area contributed by atoms with E-state index in [1.807, 2.05) is 19.1 Å². The Balaban J connectivity index is 2.21. The molecule has 1 aromatic carbocycles. The molecule has 0 atom stereocenters. The van der Waals surface area contributed by atoms with E-state index in [1.54, 1.807) is 11.0 Å². The van der Waals surface area contributed by atoms with Crippen molar-refractivity contribution in [3.63, 3.8) is 0 Å². The lowest BCUT2D eigenvalue weighted by Crippen LogP contribution is -2.33. The van der Waals surface area contributed by atoms with Gasteiger partial charge in [-0.3, -0.25) is 4.79 Å². The Morgan fingerprint density at radius 1 is 1.56 bits per heavy atom. The maximum Gasteiger partial charge on any atom is 0.256 e. The van der Waals surface area contributed by atoms with Gasteiger partial charge in [0.15, 0.2) is 0 Å². The summed E-state index contributed by atoms with van der Waals surface area (Å²) in [5.74, 6) is 3.11. The van der Waals surface area contributed by atoms with Gasteiger partial charge in [-0.2, -0.15) is 0 Å². The Bertz CT molecular complexity index is 498. The van der Waals surface area contributed by atoms with Crippen LogP contribution in [0.5, 0.6) is 0 Å². The number of nitrogen functional groups attached to an aromatic ring is 1. The van der Waals surface area contributed by atoms with E-state index >= 15 is 0 Å². The van der Waals surface area contributed by atoms with Gasteiger partial charge in [0.05, 0.1) is 12.1 Å². The molecule has 1 aliphatic rings. The first kappa shape index (κ1) is 12.5. The van der Waals surface area contributed by atoms with Gasteiger partial charge in [0.2, 0.25) is 0 Å². The van der Waals surface area contributed by atoms with Crippen LogP contribution < -0.4 is 5.73 Å². The highest BCUT2D eigenvalue weighted by atomic mass is 16.2. The summed E-state index contributed by atoms with van der Waals surface area (Å²) in [6, 6.07) is 5.52. The summed E-state index contributed by atoms with van der Waals surface area (Å²) in [4.78, 5) is 14.1. The summed E-state index contributed by atoms with van der Waals surface area (Å²) in [7, 11) is 0. The third kappa shape index (κ3) is 2.65. The van der Waals surface area contributed by atoms with Crippen LogP contribution in [0.15, 0.2) is 18.2 Å². The number of anilines is 1. The number of hydrogen-bond donors (Lipinski definition) is 1. The van der Waals surface area contributed by atoms with Crippen molar-refractivity contribution in [2.24, 2.45) is 5.92 Å². The molecular formula is C15H18N2O. The average Bonchev–Trinajstić information content (AvgIpc) is 3.15. The molecule has 1 aromatic rings. The van der Waals surface area contributed by atoms with E-state index in [4.69, 9.17) is 12.2 Å². The highest BCUT2D eigenvalue weighted by Crippen LogP contribution is 2.30. The number of rotatable bonds is 4. The summed E-state index contributed by atoms with van der Waals surface area (Å²) >= 11 is 0. The molecule has 3 heteroatoms. The molecule has 1 fully saturated rings. The number of para-hydroxylation sites is 1. The third-order valence-electron chi connectivity index (χ3n) is 3.30. The molecule has 1 aliphatic carbocycles. The van der Waals surface area contributed by atoms with Crippen LogP contribution in [-0.4, -0.2) is 23.9 Å². The first-order valence-electron chi connectivity index (χ1n) is 6.21. The second-order valence-electron chi connectivity index (χ2n) is 4.87. The van der Waals surface area contributed by atoms with Gasteiger partial charge in [-0.15, -0.1) is 6.42 Å². The fraction of sp³-hybridized carbons (Fsp3) is 0.400. The number of amides is 1. The lowest BCUT2D eigenvalue weighted by Gasteiger charge is -2.21. The number of carbonyl (C=O) groups excluding carboxylic acids is 1. The zero-order valence-electron chi connectivity index (χ0n) is 10.6. The van der Waals surface area contributed by atoms with Crippen molar-refractivity contribution in [3.8, 4) is 12.3 Å². The minimum atomic E-state index is -0.0546. The largest absolute Gasteiger partial charge is 0.398 e. The number of nitrogens with zero attached hydrogens (tertiary/aromatic N) is 1. The van der Waals surface area contributed by atoms with E-state index < -0.39 is 0 Å². The third-order valence-corrected chi connectivity index (χ3v) is 3.30. The number of terminal acetylenes is 1. The zero-order chi connectivity index (χ0) is 13.1. The van der Waals surface area contributed by atoms with Gasteiger partial charge < -0.3 is 10.6 Å². The second kappa shape index (κ2) is 5.14. The summed E-state index contributed by atoms with van der Waals surface area (Å²) in [6.45, 7) is 3.00. The molecule has 94 valence electrons. The minimum absolute atomic E-state index is 0.0546. The molecule has 0 aromatic heterocycles. The van der Waals surface area contributed by atoms with Crippen molar-refractivity contribution >= 4 is 11.6 Å². The van der Waals surface area contributed by atoms with Gasteiger partial charge in [-0.25, -0.2) is 0 Å². The van der Waals surface area contributed by atoms with E-state index in [2.05, 4.69) is 5.92 Å². The van der Waals surface area contributed by atoms with Crippen LogP contribution in [0.3, 0.4) is 0 Å². The topological polar surface area (TPSA) is 46.3 Å². The van der Waals surface area contributed by atoms with E-state index in [-0.39, 0.29) is 5.91 Å². The molecule has 0 unspecified atom stereocenters. The number of nitrogens with two attached hydrogens (primary N) is 1. The molecule has 18 heavy (non-hydrogen) atoms. The van der Waals surface area contributed by atoms with Crippen LogP contribution in [0.4, 0.5) is 5.69 Å². The lowest BCUT2D eigenvalue weighted by molar-refractivity contribution is 0.0771.